The maximum absolute atomic E-state index is 11.2. The van der Waals surface area contributed by atoms with Gasteiger partial charge in [0.25, 0.3) is 5.56 Å². The maximum atomic E-state index is 11.2. The summed E-state index contributed by atoms with van der Waals surface area (Å²) >= 11 is 0. The van der Waals surface area contributed by atoms with Crippen LogP contribution >= 0.6 is 0 Å². The fraction of sp³-hybridized carbons (Fsp3) is 0.375. The van der Waals surface area contributed by atoms with Crippen LogP contribution in [0.1, 0.15) is 11.7 Å². The largest absolute Gasteiger partial charge is 0.467 e. The van der Waals surface area contributed by atoms with E-state index < -0.39 is 23.7 Å². The molecule has 2 unspecified atom stereocenters. The van der Waals surface area contributed by atoms with Gasteiger partial charge in [-0.05, 0) is 0 Å². The van der Waals surface area contributed by atoms with Crippen LogP contribution in [-0.4, -0.2) is 39.4 Å². The van der Waals surface area contributed by atoms with Crippen molar-refractivity contribution in [2.24, 2.45) is 0 Å². The average molecular weight is 214 g/mol. The highest BCUT2D eigenvalue weighted by atomic mass is 16.5. The van der Waals surface area contributed by atoms with Crippen molar-refractivity contribution in [3.8, 4) is 0 Å². The number of hydrogen-bond acceptors (Lipinski definition) is 6. The second kappa shape index (κ2) is 4.67. The number of aliphatic hydroxyl groups excluding tert-OH is 2. The normalized spacial score (nSPS) is 14.3. The van der Waals surface area contributed by atoms with E-state index in [2.05, 4.69) is 14.7 Å². The number of hydrogen-bond donors (Lipinski definition) is 3. The van der Waals surface area contributed by atoms with Gasteiger partial charge < -0.3 is 19.9 Å². The van der Waals surface area contributed by atoms with Crippen LogP contribution < -0.4 is 5.56 Å². The Hall–Kier alpha value is -1.73. The van der Waals surface area contributed by atoms with Gasteiger partial charge in [0.05, 0.1) is 19.0 Å². The number of nitrogens with one attached hydrogen (secondary N) is 1. The Balaban J connectivity index is 2.95. The molecule has 0 aliphatic rings. The molecule has 0 spiro atoms. The third kappa shape index (κ3) is 2.39. The fourth-order valence-electron chi connectivity index (χ4n) is 0.986. The highest BCUT2D eigenvalue weighted by molar-refractivity contribution is 5.75. The predicted octanol–water partition coefficient (Wildman–Crippen LogP) is -1.66. The summed E-state index contributed by atoms with van der Waals surface area (Å²) in [7, 11) is 1.06. The quantitative estimate of drug-likeness (QED) is 0.519. The maximum Gasteiger partial charge on any atom is 0.337 e. The lowest BCUT2D eigenvalue weighted by molar-refractivity contribution is -0.156. The van der Waals surface area contributed by atoms with E-state index in [9.17, 15) is 19.8 Å². The lowest BCUT2D eigenvalue weighted by atomic mass is 10.1. The summed E-state index contributed by atoms with van der Waals surface area (Å²) < 4.78 is 4.21. The Morgan fingerprint density at radius 2 is 2.27 bits per heavy atom. The molecule has 82 valence electrons. The summed E-state index contributed by atoms with van der Waals surface area (Å²) in [4.78, 5) is 27.8. The van der Waals surface area contributed by atoms with Crippen molar-refractivity contribution in [3.05, 3.63) is 28.4 Å². The smallest absolute Gasteiger partial charge is 0.337 e. The Labute approximate surface area is 84.4 Å². The zero-order valence-corrected chi connectivity index (χ0v) is 7.88. The summed E-state index contributed by atoms with van der Waals surface area (Å²) in [6.45, 7) is 0. The highest BCUT2D eigenvalue weighted by Gasteiger charge is 2.28. The summed E-state index contributed by atoms with van der Waals surface area (Å²) in [5, 5.41) is 18.7. The van der Waals surface area contributed by atoms with E-state index in [0.29, 0.717) is 0 Å². The number of carbonyl (C=O) groups is 1. The van der Waals surface area contributed by atoms with Crippen molar-refractivity contribution in [1.29, 1.82) is 0 Å². The van der Waals surface area contributed by atoms with E-state index in [4.69, 9.17) is 0 Å². The molecule has 0 radical (unpaired) electrons. The van der Waals surface area contributed by atoms with Gasteiger partial charge in [-0.2, -0.15) is 0 Å². The lowest BCUT2D eigenvalue weighted by Gasteiger charge is -2.14. The summed E-state index contributed by atoms with van der Waals surface area (Å²) in [6.07, 6.45) is -1.27. The third-order valence-corrected chi connectivity index (χ3v) is 1.81. The van der Waals surface area contributed by atoms with Gasteiger partial charge in [-0.3, -0.25) is 4.79 Å². The van der Waals surface area contributed by atoms with Crippen LogP contribution in [0.3, 0.4) is 0 Å². The topological polar surface area (TPSA) is 113 Å². The summed E-state index contributed by atoms with van der Waals surface area (Å²) in [6, 6.07) is 0. The van der Waals surface area contributed by atoms with E-state index >= 15 is 0 Å². The zero-order chi connectivity index (χ0) is 11.4. The number of aromatic amines is 1. The first-order chi connectivity index (χ1) is 7.07. The second-order valence-corrected chi connectivity index (χ2v) is 2.75. The van der Waals surface area contributed by atoms with Gasteiger partial charge in [0.2, 0.25) is 0 Å². The Kier molecular flexibility index (Phi) is 3.53. The van der Waals surface area contributed by atoms with Crippen LogP contribution in [-0.2, 0) is 9.53 Å². The van der Waals surface area contributed by atoms with Crippen molar-refractivity contribution in [3.63, 3.8) is 0 Å². The molecule has 3 N–H and O–H groups in total. The summed E-state index contributed by atoms with van der Waals surface area (Å²) in [5.74, 6) is -1.02. The van der Waals surface area contributed by atoms with E-state index in [1.165, 1.54) is 0 Å². The van der Waals surface area contributed by atoms with Crippen LogP contribution in [0.4, 0.5) is 0 Å². The average Bonchev–Trinajstić information content (AvgIpc) is 2.26. The molecule has 0 aromatic carbocycles. The molecule has 0 saturated carbocycles. The molecule has 0 aliphatic heterocycles. The molecule has 0 fully saturated rings. The second-order valence-electron chi connectivity index (χ2n) is 2.75. The van der Waals surface area contributed by atoms with Crippen molar-refractivity contribution < 1.29 is 19.7 Å². The van der Waals surface area contributed by atoms with Crippen LogP contribution in [0.5, 0.6) is 0 Å². The van der Waals surface area contributed by atoms with Crippen molar-refractivity contribution >= 4 is 5.97 Å². The van der Waals surface area contributed by atoms with E-state index in [1.807, 2.05) is 0 Å². The van der Waals surface area contributed by atoms with E-state index in [1.54, 1.807) is 0 Å². The Morgan fingerprint density at radius 3 is 2.80 bits per heavy atom. The minimum absolute atomic E-state index is 0.199. The predicted molar refractivity (Wildman–Crippen MR) is 47.8 cm³/mol. The van der Waals surface area contributed by atoms with Crippen LogP contribution in [0.2, 0.25) is 0 Å². The van der Waals surface area contributed by atoms with Gasteiger partial charge in [-0.15, -0.1) is 0 Å². The molecule has 1 heterocycles. The number of aromatic nitrogens is 2. The first kappa shape index (κ1) is 11.3. The minimum atomic E-state index is -1.81. The number of ether oxygens (including phenoxy) is 1. The molecule has 0 aliphatic carbocycles. The van der Waals surface area contributed by atoms with Crippen LogP contribution in [0, 0.1) is 0 Å². The van der Waals surface area contributed by atoms with Crippen molar-refractivity contribution in [2.45, 2.75) is 12.2 Å². The standard InChI is InChI=1S/C8H10N2O5/c1-15-8(14)6(12)5(11)4-2-9-3-10-7(4)13/h2-3,5-6,11-12H,1H3,(H,9,10,13). The van der Waals surface area contributed by atoms with Crippen LogP contribution in [0.15, 0.2) is 17.3 Å². The monoisotopic (exact) mass is 214 g/mol. The third-order valence-electron chi connectivity index (χ3n) is 1.81. The van der Waals surface area contributed by atoms with Gasteiger partial charge in [0.15, 0.2) is 6.10 Å². The number of carbonyl (C=O) groups excluding carboxylic acids is 1. The number of nitrogens with zero attached hydrogens (tertiary/aromatic N) is 1. The number of rotatable bonds is 3. The molecular weight excluding hydrogens is 204 g/mol. The number of aliphatic hydroxyl groups is 2. The SMILES string of the molecule is COC(=O)C(O)C(O)c1cnc[nH]c1=O. The molecule has 15 heavy (non-hydrogen) atoms. The number of H-pyrrole nitrogens is 1. The Bertz CT molecular complexity index is 402. The number of methoxy groups -OCH3 is 1. The number of esters is 1. The lowest BCUT2D eigenvalue weighted by Crippen LogP contribution is -2.32. The molecular formula is C8H10N2O5. The zero-order valence-electron chi connectivity index (χ0n) is 7.88. The van der Waals surface area contributed by atoms with Gasteiger partial charge in [-0.1, -0.05) is 0 Å². The molecule has 7 nitrogen and oxygen atoms in total. The van der Waals surface area contributed by atoms with Gasteiger partial charge in [-0.25, -0.2) is 9.78 Å². The molecule has 1 rings (SSSR count). The molecule has 0 amide bonds. The molecule has 0 saturated heterocycles. The minimum Gasteiger partial charge on any atom is -0.467 e. The van der Waals surface area contributed by atoms with E-state index in [-0.39, 0.29) is 5.56 Å². The molecule has 1 aromatic heterocycles. The highest BCUT2D eigenvalue weighted by Crippen LogP contribution is 2.12. The van der Waals surface area contributed by atoms with Crippen LogP contribution in [0.25, 0.3) is 0 Å². The Morgan fingerprint density at radius 1 is 1.60 bits per heavy atom. The van der Waals surface area contributed by atoms with Crippen molar-refractivity contribution in [2.75, 3.05) is 7.11 Å². The van der Waals surface area contributed by atoms with Crippen molar-refractivity contribution in [1.82, 2.24) is 9.97 Å². The van der Waals surface area contributed by atoms with Gasteiger partial charge in [0, 0.05) is 6.20 Å². The molecule has 1 aromatic rings. The molecule has 7 heteroatoms. The molecule has 2 atom stereocenters. The van der Waals surface area contributed by atoms with Gasteiger partial charge >= 0.3 is 5.97 Å². The fourth-order valence-corrected chi connectivity index (χ4v) is 0.986. The summed E-state index contributed by atoms with van der Waals surface area (Å²) in [5.41, 5.74) is -0.823. The first-order valence-corrected chi connectivity index (χ1v) is 4.04. The van der Waals surface area contributed by atoms with Gasteiger partial charge in [0.1, 0.15) is 6.10 Å². The molecule has 0 bridgehead atoms. The first-order valence-electron chi connectivity index (χ1n) is 4.04. The van der Waals surface area contributed by atoms with E-state index in [0.717, 1.165) is 19.6 Å².